The van der Waals surface area contributed by atoms with E-state index in [9.17, 15) is 9.59 Å². The maximum absolute atomic E-state index is 11.8. The molecule has 1 heterocycles. The van der Waals surface area contributed by atoms with Crippen molar-refractivity contribution in [2.75, 3.05) is 13.1 Å². The van der Waals surface area contributed by atoms with Gasteiger partial charge in [-0.15, -0.1) is 0 Å². The molecule has 0 bridgehead atoms. The lowest BCUT2D eigenvalue weighted by Crippen LogP contribution is -2.30. The molecule has 1 aromatic rings. The highest BCUT2D eigenvalue weighted by atomic mass is 16.6. The van der Waals surface area contributed by atoms with Crippen molar-refractivity contribution in [2.24, 2.45) is 0 Å². The molecule has 0 aromatic heterocycles. The summed E-state index contributed by atoms with van der Waals surface area (Å²) in [6, 6.07) is 6.60. The van der Waals surface area contributed by atoms with Gasteiger partial charge in [-0.2, -0.15) is 0 Å². The van der Waals surface area contributed by atoms with Crippen LogP contribution in [0.1, 0.15) is 31.2 Å². The van der Waals surface area contributed by atoms with Crippen molar-refractivity contribution >= 4 is 12.1 Å². The van der Waals surface area contributed by atoms with E-state index in [0.717, 1.165) is 25.9 Å². The van der Waals surface area contributed by atoms with Crippen molar-refractivity contribution in [2.45, 2.75) is 25.7 Å². The Labute approximate surface area is 111 Å². The second kappa shape index (κ2) is 5.73. The van der Waals surface area contributed by atoms with E-state index in [1.54, 1.807) is 36.1 Å². The number of aliphatic carboxylic acids is 1. The van der Waals surface area contributed by atoms with E-state index in [1.807, 2.05) is 0 Å². The summed E-state index contributed by atoms with van der Waals surface area (Å²) in [6.07, 6.45) is 1.70. The lowest BCUT2D eigenvalue weighted by molar-refractivity contribution is -0.138. The lowest BCUT2D eigenvalue weighted by atomic mass is 10.0. The standard InChI is InChI=1S/C14H17NO4/c1-10(13(16)17)11-4-6-12(7-5-11)19-14(18)15-8-2-3-9-15/h4-7,10H,2-3,8-9H2,1H3,(H,16,17). The predicted molar refractivity (Wildman–Crippen MR) is 69.3 cm³/mol. The number of carboxylic acid groups (broad SMARTS) is 1. The Morgan fingerprint density at radius 1 is 1.21 bits per heavy atom. The molecule has 0 radical (unpaired) electrons. The minimum absolute atomic E-state index is 0.337. The second-order valence-corrected chi connectivity index (χ2v) is 4.69. The highest BCUT2D eigenvalue weighted by Crippen LogP contribution is 2.20. The van der Waals surface area contributed by atoms with Gasteiger partial charge in [0, 0.05) is 13.1 Å². The van der Waals surface area contributed by atoms with Gasteiger partial charge in [-0.05, 0) is 37.5 Å². The van der Waals surface area contributed by atoms with Gasteiger partial charge in [0.1, 0.15) is 5.75 Å². The number of carbonyl (C=O) groups excluding carboxylic acids is 1. The van der Waals surface area contributed by atoms with E-state index in [2.05, 4.69) is 0 Å². The van der Waals surface area contributed by atoms with Crippen LogP contribution in [0.4, 0.5) is 4.79 Å². The third kappa shape index (κ3) is 3.24. The van der Waals surface area contributed by atoms with Crippen molar-refractivity contribution in [3.05, 3.63) is 29.8 Å². The zero-order valence-corrected chi connectivity index (χ0v) is 10.8. The number of hydrogen-bond acceptors (Lipinski definition) is 3. The van der Waals surface area contributed by atoms with Gasteiger partial charge in [-0.3, -0.25) is 4.79 Å². The van der Waals surface area contributed by atoms with Gasteiger partial charge in [0.15, 0.2) is 0 Å². The normalized spacial score (nSPS) is 16.2. The minimum Gasteiger partial charge on any atom is -0.481 e. The average molecular weight is 263 g/mol. The topological polar surface area (TPSA) is 66.8 Å². The number of benzene rings is 1. The van der Waals surface area contributed by atoms with Gasteiger partial charge in [-0.25, -0.2) is 4.79 Å². The third-order valence-electron chi connectivity index (χ3n) is 3.32. The van der Waals surface area contributed by atoms with E-state index in [1.165, 1.54) is 0 Å². The molecule has 1 atom stereocenters. The van der Waals surface area contributed by atoms with Crippen LogP contribution in [0.15, 0.2) is 24.3 Å². The summed E-state index contributed by atoms with van der Waals surface area (Å²) in [5.74, 6) is -0.997. The van der Waals surface area contributed by atoms with Gasteiger partial charge >= 0.3 is 12.1 Å². The number of carbonyl (C=O) groups is 2. The van der Waals surface area contributed by atoms with Crippen molar-refractivity contribution in [1.29, 1.82) is 0 Å². The minimum atomic E-state index is -0.873. The van der Waals surface area contributed by atoms with Gasteiger partial charge in [0.25, 0.3) is 0 Å². The molecule has 1 amide bonds. The average Bonchev–Trinajstić information content (AvgIpc) is 2.92. The quantitative estimate of drug-likeness (QED) is 0.909. The molecular formula is C14H17NO4. The van der Waals surface area contributed by atoms with E-state index in [0.29, 0.717) is 11.3 Å². The largest absolute Gasteiger partial charge is 0.481 e. The molecule has 1 N–H and O–H groups in total. The Morgan fingerprint density at radius 3 is 2.32 bits per heavy atom. The molecule has 5 heteroatoms. The Hall–Kier alpha value is -2.04. The van der Waals surface area contributed by atoms with Crippen LogP contribution in [0.5, 0.6) is 5.75 Å². The van der Waals surface area contributed by atoms with E-state index < -0.39 is 11.9 Å². The fourth-order valence-electron chi connectivity index (χ4n) is 2.03. The summed E-state index contributed by atoms with van der Waals surface area (Å²) >= 11 is 0. The SMILES string of the molecule is CC(C(=O)O)c1ccc(OC(=O)N2CCCC2)cc1. The number of hydrogen-bond donors (Lipinski definition) is 1. The summed E-state index contributed by atoms with van der Waals surface area (Å²) < 4.78 is 5.23. The number of amides is 1. The van der Waals surface area contributed by atoms with E-state index >= 15 is 0 Å². The van der Waals surface area contributed by atoms with E-state index in [-0.39, 0.29) is 6.09 Å². The molecule has 0 aliphatic carbocycles. The van der Waals surface area contributed by atoms with Crippen LogP contribution in [-0.4, -0.2) is 35.2 Å². The summed E-state index contributed by atoms with van der Waals surface area (Å²) in [4.78, 5) is 24.3. The van der Waals surface area contributed by atoms with Crippen LogP contribution in [-0.2, 0) is 4.79 Å². The summed E-state index contributed by atoms with van der Waals surface area (Å²) in [5.41, 5.74) is 0.688. The molecule has 5 nitrogen and oxygen atoms in total. The molecule has 102 valence electrons. The first kappa shape index (κ1) is 13.4. The summed E-state index contributed by atoms with van der Waals surface area (Å²) in [7, 11) is 0. The molecule has 1 saturated heterocycles. The number of likely N-dealkylation sites (tertiary alicyclic amines) is 1. The Balaban J connectivity index is 1.98. The van der Waals surface area contributed by atoms with Gasteiger partial charge < -0.3 is 14.7 Å². The van der Waals surface area contributed by atoms with Gasteiger partial charge in [0.2, 0.25) is 0 Å². The van der Waals surface area contributed by atoms with Crippen molar-refractivity contribution in [3.8, 4) is 5.75 Å². The molecule has 1 fully saturated rings. The first-order valence-corrected chi connectivity index (χ1v) is 6.37. The first-order chi connectivity index (χ1) is 9.08. The fourth-order valence-corrected chi connectivity index (χ4v) is 2.03. The Kier molecular flexibility index (Phi) is 4.04. The molecule has 2 rings (SSSR count). The molecule has 1 aliphatic heterocycles. The smallest absolute Gasteiger partial charge is 0.415 e. The molecule has 1 aliphatic rings. The number of carboxylic acids is 1. The van der Waals surface area contributed by atoms with Crippen LogP contribution in [0, 0.1) is 0 Å². The van der Waals surface area contributed by atoms with Gasteiger partial charge in [-0.1, -0.05) is 12.1 Å². The maximum Gasteiger partial charge on any atom is 0.415 e. The molecule has 1 unspecified atom stereocenters. The molecule has 0 saturated carbocycles. The third-order valence-corrected chi connectivity index (χ3v) is 3.32. The number of ether oxygens (including phenoxy) is 1. The summed E-state index contributed by atoms with van der Waals surface area (Å²) in [5, 5.41) is 8.90. The van der Waals surface area contributed by atoms with E-state index in [4.69, 9.17) is 9.84 Å². The van der Waals surface area contributed by atoms with Crippen LogP contribution >= 0.6 is 0 Å². The van der Waals surface area contributed by atoms with Crippen LogP contribution in [0.25, 0.3) is 0 Å². The zero-order chi connectivity index (χ0) is 13.8. The van der Waals surface area contributed by atoms with Crippen LogP contribution in [0.3, 0.4) is 0 Å². The fraction of sp³-hybridized carbons (Fsp3) is 0.429. The monoisotopic (exact) mass is 263 g/mol. The zero-order valence-electron chi connectivity index (χ0n) is 10.8. The van der Waals surface area contributed by atoms with Crippen molar-refractivity contribution < 1.29 is 19.4 Å². The highest BCUT2D eigenvalue weighted by molar-refractivity contribution is 5.75. The lowest BCUT2D eigenvalue weighted by Gasteiger charge is -2.15. The van der Waals surface area contributed by atoms with Crippen molar-refractivity contribution in [3.63, 3.8) is 0 Å². The Bertz CT molecular complexity index is 463. The molecule has 0 spiro atoms. The van der Waals surface area contributed by atoms with Crippen molar-refractivity contribution in [1.82, 2.24) is 4.90 Å². The van der Waals surface area contributed by atoms with Crippen LogP contribution in [0.2, 0.25) is 0 Å². The first-order valence-electron chi connectivity index (χ1n) is 6.37. The highest BCUT2D eigenvalue weighted by Gasteiger charge is 2.20. The number of rotatable bonds is 3. The molecular weight excluding hydrogens is 246 g/mol. The molecule has 19 heavy (non-hydrogen) atoms. The summed E-state index contributed by atoms with van der Waals surface area (Å²) in [6.45, 7) is 3.10. The maximum atomic E-state index is 11.8. The second-order valence-electron chi connectivity index (χ2n) is 4.69. The van der Waals surface area contributed by atoms with Gasteiger partial charge in [0.05, 0.1) is 5.92 Å². The predicted octanol–water partition coefficient (Wildman–Crippen LogP) is 2.47. The van der Waals surface area contributed by atoms with Crippen LogP contribution < -0.4 is 4.74 Å². The molecule has 1 aromatic carbocycles. The Morgan fingerprint density at radius 2 is 1.79 bits per heavy atom. The number of nitrogens with zero attached hydrogens (tertiary/aromatic N) is 1.